The van der Waals surface area contributed by atoms with E-state index in [1.54, 1.807) is 19.3 Å². The molecular formula is C16H24BrN5O3. The fraction of sp³-hybridized carbons (Fsp3) is 0.562. The summed E-state index contributed by atoms with van der Waals surface area (Å²) in [6.07, 6.45) is 1.17. The zero-order valence-corrected chi connectivity index (χ0v) is 15.9. The Morgan fingerprint density at radius 3 is 2.52 bits per heavy atom. The van der Waals surface area contributed by atoms with Gasteiger partial charge in [0.1, 0.15) is 5.82 Å². The summed E-state index contributed by atoms with van der Waals surface area (Å²) in [6.45, 7) is 5.52. The number of hydrogen-bond donors (Lipinski definition) is 2. The van der Waals surface area contributed by atoms with Crippen molar-refractivity contribution in [3.63, 3.8) is 0 Å². The van der Waals surface area contributed by atoms with Crippen molar-refractivity contribution >= 4 is 33.7 Å². The van der Waals surface area contributed by atoms with E-state index in [4.69, 9.17) is 5.11 Å². The summed E-state index contributed by atoms with van der Waals surface area (Å²) >= 11 is 3.35. The van der Waals surface area contributed by atoms with E-state index < -0.39 is 6.09 Å². The molecule has 0 spiro atoms. The van der Waals surface area contributed by atoms with Crippen LogP contribution < -0.4 is 5.32 Å². The number of likely N-dealkylation sites (N-methyl/N-ethyl adjacent to an activating group) is 1. The average Bonchev–Trinajstić information content (AvgIpc) is 2.58. The van der Waals surface area contributed by atoms with Crippen LogP contribution in [0.1, 0.15) is 6.42 Å². The third kappa shape index (κ3) is 6.97. The van der Waals surface area contributed by atoms with Gasteiger partial charge in [-0.2, -0.15) is 0 Å². The minimum absolute atomic E-state index is 0.0453. The minimum Gasteiger partial charge on any atom is -0.465 e. The third-order valence-electron chi connectivity index (χ3n) is 4.19. The van der Waals surface area contributed by atoms with Gasteiger partial charge in [-0.05, 0) is 12.1 Å². The smallest absolute Gasteiger partial charge is 0.407 e. The van der Waals surface area contributed by atoms with Crippen LogP contribution in [0.3, 0.4) is 0 Å². The van der Waals surface area contributed by atoms with Crippen LogP contribution in [0.4, 0.5) is 10.6 Å². The number of aromatic nitrogens is 1. The molecule has 1 saturated heterocycles. The molecular weight excluding hydrogens is 390 g/mol. The first-order chi connectivity index (χ1) is 11.9. The first-order valence-electron chi connectivity index (χ1n) is 8.24. The number of amides is 2. The zero-order chi connectivity index (χ0) is 18.2. The molecule has 138 valence electrons. The highest BCUT2D eigenvalue weighted by molar-refractivity contribution is 9.10. The molecule has 25 heavy (non-hydrogen) atoms. The van der Waals surface area contributed by atoms with Gasteiger partial charge in [-0.15, -0.1) is 0 Å². The summed E-state index contributed by atoms with van der Waals surface area (Å²) in [7, 11) is 1.58. The lowest BCUT2D eigenvalue weighted by Gasteiger charge is -2.35. The van der Waals surface area contributed by atoms with E-state index in [0.29, 0.717) is 25.3 Å². The number of nitrogens with zero attached hydrogens (tertiary/aromatic N) is 4. The molecule has 1 aromatic heterocycles. The number of pyridine rings is 1. The van der Waals surface area contributed by atoms with Crippen LogP contribution in [0.25, 0.3) is 0 Å². The molecule has 0 bridgehead atoms. The topological polar surface area (TPSA) is 89.0 Å². The quantitative estimate of drug-likeness (QED) is 0.702. The van der Waals surface area contributed by atoms with Gasteiger partial charge in [0, 0.05) is 70.0 Å². The average molecular weight is 414 g/mol. The van der Waals surface area contributed by atoms with Gasteiger partial charge in [0.15, 0.2) is 0 Å². The summed E-state index contributed by atoms with van der Waals surface area (Å²) in [5.74, 6) is 0.503. The van der Waals surface area contributed by atoms with Crippen LogP contribution in [-0.2, 0) is 4.79 Å². The highest BCUT2D eigenvalue weighted by Crippen LogP contribution is 2.13. The lowest BCUT2D eigenvalue weighted by molar-refractivity contribution is -0.116. The van der Waals surface area contributed by atoms with E-state index in [9.17, 15) is 9.59 Å². The van der Waals surface area contributed by atoms with Crippen molar-refractivity contribution in [3.05, 3.63) is 22.8 Å². The molecule has 9 heteroatoms. The monoisotopic (exact) mass is 413 g/mol. The van der Waals surface area contributed by atoms with E-state index in [1.165, 1.54) is 4.90 Å². The second-order valence-electron chi connectivity index (χ2n) is 6.04. The number of anilines is 1. The van der Waals surface area contributed by atoms with Gasteiger partial charge in [-0.1, -0.05) is 15.9 Å². The number of rotatable bonds is 7. The molecule has 1 aliphatic heterocycles. The van der Waals surface area contributed by atoms with Crippen molar-refractivity contribution in [2.75, 3.05) is 58.2 Å². The van der Waals surface area contributed by atoms with Crippen LogP contribution in [0.5, 0.6) is 0 Å². The van der Waals surface area contributed by atoms with Crippen LogP contribution >= 0.6 is 15.9 Å². The Labute approximate surface area is 155 Å². The molecule has 1 fully saturated rings. The number of carboxylic acid groups (broad SMARTS) is 1. The molecule has 1 aromatic rings. The van der Waals surface area contributed by atoms with E-state index in [2.05, 4.69) is 36.0 Å². The normalized spacial score (nSPS) is 15.8. The Balaban J connectivity index is 1.63. The highest BCUT2D eigenvalue weighted by atomic mass is 79.9. The Bertz CT molecular complexity index is 593. The predicted octanol–water partition coefficient (Wildman–Crippen LogP) is 1.40. The molecule has 0 radical (unpaired) electrons. The van der Waals surface area contributed by atoms with Crippen molar-refractivity contribution < 1.29 is 14.7 Å². The minimum atomic E-state index is -0.899. The van der Waals surface area contributed by atoms with Gasteiger partial charge < -0.3 is 20.2 Å². The molecule has 0 aliphatic carbocycles. The maximum Gasteiger partial charge on any atom is 0.407 e. The maximum atomic E-state index is 12.0. The van der Waals surface area contributed by atoms with E-state index in [0.717, 1.165) is 37.2 Å². The molecule has 0 unspecified atom stereocenters. The molecule has 2 rings (SSSR count). The number of hydrogen-bond acceptors (Lipinski definition) is 5. The first kappa shape index (κ1) is 19.6. The molecule has 0 saturated carbocycles. The van der Waals surface area contributed by atoms with Crippen LogP contribution in [0.2, 0.25) is 0 Å². The SMILES string of the molecule is CN(CCN1CCN(CCC(=O)Nc2cc(Br)ccn2)CC1)C(=O)O. The fourth-order valence-corrected chi connectivity index (χ4v) is 2.90. The molecule has 8 nitrogen and oxygen atoms in total. The Morgan fingerprint density at radius 2 is 1.92 bits per heavy atom. The number of nitrogens with one attached hydrogen (secondary N) is 1. The number of carbonyl (C=O) groups is 2. The first-order valence-corrected chi connectivity index (χ1v) is 9.03. The Kier molecular flexibility index (Phi) is 7.60. The van der Waals surface area contributed by atoms with Crippen molar-refractivity contribution in [2.24, 2.45) is 0 Å². The zero-order valence-electron chi connectivity index (χ0n) is 14.3. The Hall–Kier alpha value is -1.71. The number of carbonyl (C=O) groups excluding carboxylic acids is 1. The van der Waals surface area contributed by atoms with Crippen molar-refractivity contribution in [2.45, 2.75) is 6.42 Å². The maximum absolute atomic E-state index is 12.0. The summed E-state index contributed by atoms with van der Waals surface area (Å²) in [5, 5.41) is 11.6. The largest absolute Gasteiger partial charge is 0.465 e. The summed E-state index contributed by atoms with van der Waals surface area (Å²) in [5.41, 5.74) is 0. The van der Waals surface area contributed by atoms with Gasteiger partial charge in [-0.25, -0.2) is 9.78 Å². The van der Waals surface area contributed by atoms with Gasteiger partial charge >= 0.3 is 6.09 Å². The van der Waals surface area contributed by atoms with E-state index >= 15 is 0 Å². The third-order valence-corrected chi connectivity index (χ3v) is 4.68. The van der Waals surface area contributed by atoms with Crippen molar-refractivity contribution in [3.8, 4) is 0 Å². The van der Waals surface area contributed by atoms with Crippen molar-refractivity contribution in [1.29, 1.82) is 0 Å². The van der Waals surface area contributed by atoms with Crippen molar-refractivity contribution in [1.82, 2.24) is 19.7 Å². The second kappa shape index (κ2) is 9.69. The van der Waals surface area contributed by atoms with Crippen LogP contribution in [0, 0.1) is 0 Å². The predicted molar refractivity (Wildman–Crippen MR) is 98.7 cm³/mol. The summed E-state index contributed by atoms with van der Waals surface area (Å²) < 4.78 is 0.877. The van der Waals surface area contributed by atoms with Crippen LogP contribution in [-0.4, -0.2) is 89.7 Å². The molecule has 0 atom stereocenters. The Morgan fingerprint density at radius 1 is 1.28 bits per heavy atom. The van der Waals surface area contributed by atoms with E-state index in [-0.39, 0.29) is 5.91 Å². The standard InChI is InChI=1S/C16H24BrN5O3/c1-20(16(24)25)6-7-22-10-8-21(9-11-22)5-3-15(23)19-14-12-13(17)2-4-18-14/h2,4,12H,3,5-11H2,1H3,(H,24,25)(H,18,19,23). The van der Waals surface area contributed by atoms with Gasteiger partial charge in [-0.3, -0.25) is 9.69 Å². The van der Waals surface area contributed by atoms with Gasteiger partial charge in [0.25, 0.3) is 0 Å². The molecule has 2 heterocycles. The van der Waals surface area contributed by atoms with Gasteiger partial charge in [0.2, 0.25) is 5.91 Å². The summed E-state index contributed by atoms with van der Waals surface area (Å²) in [6, 6.07) is 3.58. The summed E-state index contributed by atoms with van der Waals surface area (Å²) in [4.78, 5) is 32.7. The molecule has 1 aliphatic rings. The highest BCUT2D eigenvalue weighted by Gasteiger charge is 2.18. The molecule has 2 N–H and O–H groups in total. The fourth-order valence-electron chi connectivity index (χ4n) is 2.56. The van der Waals surface area contributed by atoms with Crippen LogP contribution in [0.15, 0.2) is 22.8 Å². The van der Waals surface area contributed by atoms with Gasteiger partial charge in [0.05, 0.1) is 0 Å². The molecule has 0 aromatic carbocycles. The second-order valence-corrected chi connectivity index (χ2v) is 6.96. The number of halogens is 1. The van der Waals surface area contributed by atoms with E-state index in [1.807, 2.05) is 6.07 Å². The number of piperazine rings is 1. The lowest BCUT2D eigenvalue weighted by Crippen LogP contribution is -2.49. The lowest BCUT2D eigenvalue weighted by atomic mass is 10.2. The molecule has 2 amide bonds.